The lowest BCUT2D eigenvalue weighted by Crippen LogP contribution is -2.27. The molecule has 0 unspecified atom stereocenters. The van der Waals surface area contributed by atoms with Gasteiger partial charge in [0.25, 0.3) is 5.91 Å². The average Bonchev–Trinajstić information content (AvgIpc) is 2.91. The minimum Gasteiger partial charge on any atom is -0.335 e. The quantitative estimate of drug-likeness (QED) is 0.933. The lowest BCUT2D eigenvalue weighted by Gasteiger charge is -2.20. The van der Waals surface area contributed by atoms with Gasteiger partial charge in [0.2, 0.25) is 5.82 Å². The maximum atomic E-state index is 12.0. The molecular weight excluding hydrogens is 252 g/mol. The van der Waals surface area contributed by atoms with Gasteiger partial charge < -0.3 is 4.90 Å². The number of aromatic amines is 1. The lowest BCUT2D eigenvalue weighted by atomic mass is 9.87. The zero-order valence-corrected chi connectivity index (χ0v) is 12.3. The summed E-state index contributed by atoms with van der Waals surface area (Å²) < 4.78 is 0. The molecule has 1 heterocycles. The van der Waals surface area contributed by atoms with Crippen molar-refractivity contribution in [3.8, 4) is 0 Å². The molecule has 1 aromatic heterocycles. The predicted molar refractivity (Wildman–Crippen MR) is 77.3 cm³/mol. The molecule has 0 aliphatic rings. The van der Waals surface area contributed by atoms with Crippen molar-refractivity contribution in [1.82, 2.24) is 20.1 Å². The Morgan fingerprint density at radius 2 is 1.90 bits per heavy atom. The van der Waals surface area contributed by atoms with Gasteiger partial charge in [0.1, 0.15) is 6.33 Å². The van der Waals surface area contributed by atoms with Gasteiger partial charge in [-0.3, -0.25) is 9.89 Å². The topological polar surface area (TPSA) is 61.9 Å². The number of hydrogen-bond donors (Lipinski definition) is 1. The number of hydrogen-bond acceptors (Lipinski definition) is 3. The Labute approximate surface area is 119 Å². The minimum absolute atomic E-state index is 0.139. The van der Waals surface area contributed by atoms with Gasteiger partial charge in [-0.1, -0.05) is 45.0 Å². The summed E-state index contributed by atoms with van der Waals surface area (Å²) in [5.41, 5.74) is 2.51. The molecule has 0 radical (unpaired) electrons. The summed E-state index contributed by atoms with van der Waals surface area (Å²) >= 11 is 0. The Bertz CT molecular complexity index is 567. The predicted octanol–water partition coefficient (Wildman–Crippen LogP) is 2.37. The van der Waals surface area contributed by atoms with Crippen LogP contribution in [-0.4, -0.2) is 33.0 Å². The third-order valence-electron chi connectivity index (χ3n) is 3.20. The molecule has 2 rings (SSSR count). The second-order valence-corrected chi connectivity index (χ2v) is 5.94. The van der Waals surface area contributed by atoms with Gasteiger partial charge in [-0.2, -0.15) is 5.10 Å². The first-order chi connectivity index (χ1) is 9.38. The monoisotopic (exact) mass is 272 g/mol. The van der Waals surface area contributed by atoms with Crippen LogP contribution in [0.4, 0.5) is 0 Å². The van der Waals surface area contributed by atoms with Crippen LogP contribution in [0.3, 0.4) is 0 Å². The van der Waals surface area contributed by atoms with E-state index in [1.165, 1.54) is 11.9 Å². The molecule has 0 aliphatic carbocycles. The molecule has 0 aliphatic heterocycles. The van der Waals surface area contributed by atoms with Crippen molar-refractivity contribution in [2.24, 2.45) is 0 Å². The summed E-state index contributed by atoms with van der Waals surface area (Å²) in [7, 11) is 1.75. The van der Waals surface area contributed by atoms with Gasteiger partial charge in [-0.25, -0.2) is 4.98 Å². The second-order valence-electron chi connectivity index (χ2n) is 5.94. The Morgan fingerprint density at radius 1 is 1.25 bits per heavy atom. The lowest BCUT2D eigenvalue weighted by molar-refractivity contribution is 0.0773. The van der Waals surface area contributed by atoms with Crippen molar-refractivity contribution in [3.05, 3.63) is 47.5 Å². The number of carbonyl (C=O) groups is 1. The number of nitrogens with one attached hydrogen (secondary N) is 1. The number of H-pyrrole nitrogens is 1. The highest BCUT2D eigenvalue weighted by Crippen LogP contribution is 2.22. The highest BCUT2D eigenvalue weighted by Gasteiger charge is 2.16. The number of nitrogens with zero attached hydrogens (tertiary/aromatic N) is 3. The Morgan fingerprint density at radius 3 is 2.40 bits per heavy atom. The van der Waals surface area contributed by atoms with Crippen molar-refractivity contribution < 1.29 is 4.79 Å². The molecule has 5 heteroatoms. The number of carbonyl (C=O) groups excluding carboxylic acids is 1. The van der Waals surface area contributed by atoms with E-state index in [-0.39, 0.29) is 17.1 Å². The van der Waals surface area contributed by atoms with E-state index in [4.69, 9.17) is 0 Å². The van der Waals surface area contributed by atoms with Crippen LogP contribution in [0.25, 0.3) is 0 Å². The largest absolute Gasteiger partial charge is 0.335 e. The minimum atomic E-state index is -0.164. The maximum Gasteiger partial charge on any atom is 0.291 e. The normalized spacial score (nSPS) is 11.4. The first-order valence-electron chi connectivity index (χ1n) is 6.58. The van der Waals surface area contributed by atoms with Gasteiger partial charge >= 0.3 is 0 Å². The molecule has 5 nitrogen and oxygen atoms in total. The summed E-state index contributed by atoms with van der Waals surface area (Å²) in [5, 5.41) is 6.27. The molecule has 20 heavy (non-hydrogen) atoms. The van der Waals surface area contributed by atoms with E-state index in [9.17, 15) is 4.79 Å². The van der Waals surface area contributed by atoms with E-state index in [2.05, 4.69) is 60.2 Å². The SMILES string of the molecule is CN(Cc1ccc(C(C)(C)C)cc1)C(=O)c1ncn[nH]1. The number of rotatable bonds is 3. The fraction of sp³-hybridized carbons (Fsp3) is 0.400. The van der Waals surface area contributed by atoms with Crippen molar-refractivity contribution in [1.29, 1.82) is 0 Å². The summed E-state index contributed by atoms with van der Waals surface area (Å²) in [6.07, 6.45) is 1.33. The number of aromatic nitrogens is 3. The molecule has 0 atom stereocenters. The average molecular weight is 272 g/mol. The standard InChI is InChI=1S/C15H20N4O/c1-15(2,3)12-7-5-11(6-8-12)9-19(4)14(20)13-16-10-17-18-13/h5-8,10H,9H2,1-4H3,(H,16,17,18). The van der Waals surface area contributed by atoms with Crippen molar-refractivity contribution in [3.63, 3.8) is 0 Å². The van der Waals surface area contributed by atoms with E-state index in [0.717, 1.165) is 5.56 Å². The second kappa shape index (κ2) is 5.45. The third kappa shape index (κ3) is 3.23. The van der Waals surface area contributed by atoms with E-state index in [0.29, 0.717) is 6.54 Å². The summed E-state index contributed by atoms with van der Waals surface area (Å²) in [5.74, 6) is 0.0983. The highest BCUT2D eigenvalue weighted by molar-refractivity contribution is 5.90. The van der Waals surface area contributed by atoms with E-state index in [1.807, 2.05) is 0 Å². The number of benzene rings is 1. The Balaban J connectivity index is 2.05. The van der Waals surface area contributed by atoms with Crippen LogP contribution in [0.2, 0.25) is 0 Å². The summed E-state index contributed by atoms with van der Waals surface area (Å²) in [4.78, 5) is 17.5. The molecule has 106 valence electrons. The highest BCUT2D eigenvalue weighted by atomic mass is 16.2. The molecule has 0 fully saturated rings. The van der Waals surface area contributed by atoms with Crippen molar-refractivity contribution >= 4 is 5.91 Å². The van der Waals surface area contributed by atoms with Crippen LogP contribution in [0.1, 0.15) is 42.5 Å². The van der Waals surface area contributed by atoms with E-state index in [1.54, 1.807) is 11.9 Å². The van der Waals surface area contributed by atoms with Crippen LogP contribution >= 0.6 is 0 Å². The van der Waals surface area contributed by atoms with Gasteiger partial charge in [-0.05, 0) is 16.5 Å². The van der Waals surface area contributed by atoms with Crippen LogP contribution in [0.5, 0.6) is 0 Å². The van der Waals surface area contributed by atoms with Gasteiger partial charge in [0.15, 0.2) is 0 Å². The molecule has 1 N–H and O–H groups in total. The zero-order valence-electron chi connectivity index (χ0n) is 12.3. The molecule has 1 amide bonds. The van der Waals surface area contributed by atoms with E-state index < -0.39 is 0 Å². The first kappa shape index (κ1) is 14.2. The summed E-state index contributed by atoms with van der Waals surface area (Å²) in [6, 6.07) is 8.35. The van der Waals surface area contributed by atoms with Gasteiger partial charge in [0.05, 0.1) is 0 Å². The molecule has 0 saturated carbocycles. The van der Waals surface area contributed by atoms with Crippen molar-refractivity contribution in [2.75, 3.05) is 7.05 Å². The Hall–Kier alpha value is -2.17. The smallest absolute Gasteiger partial charge is 0.291 e. The molecule has 1 aromatic carbocycles. The fourth-order valence-electron chi connectivity index (χ4n) is 1.95. The molecule has 2 aromatic rings. The van der Waals surface area contributed by atoms with Crippen LogP contribution < -0.4 is 0 Å². The van der Waals surface area contributed by atoms with Crippen molar-refractivity contribution in [2.45, 2.75) is 32.7 Å². The fourth-order valence-corrected chi connectivity index (χ4v) is 1.95. The zero-order chi connectivity index (χ0) is 14.8. The van der Waals surface area contributed by atoms with Crippen LogP contribution in [0.15, 0.2) is 30.6 Å². The van der Waals surface area contributed by atoms with E-state index >= 15 is 0 Å². The first-order valence-corrected chi connectivity index (χ1v) is 6.58. The molecule has 0 saturated heterocycles. The van der Waals surface area contributed by atoms with Gasteiger partial charge in [0, 0.05) is 13.6 Å². The maximum absolute atomic E-state index is 12.0. The van der Waals surface area contributed by atoms with Crippen LogP contribution in [-0.2, 0) is 12.0 Å². The van der Waals surface area contributed by atoms with Gasteiger partial charge in [-0.15, -0.1) is 0 Å². The summed E-state index contributed by atoms with van der Waals surface area (Å²) in [6.45, 7) is 7.09. The molecular formula is C15H20N4O. The molecule has 0 bridgehead atoms. The molecule has 0 spiro atoms. The van der Waals surface area contributed by atoms with Crippen LogP contribution in [0, 0.1) is 0 Å². The number of amides is 1. The third-order valence-corrected chi connectivity index (χ3v) is 3.20. The Kier molecular flexibility index (Phi) is 3.88.